The zero-order valence-electron chi connectivity index (χ0n) is 14.5. The highest BCUT2D eigenvalue weighted by Crippen LogP contribution is 2.41. The lowest BCUT2D eigenvalue weighted by atomic mass is 9.97. The normalized spacial score (nSPS) is 11.2. The van der Waals surface area contributed by atoms with Crippen molar-refractivity contribution in [2.45, 2.75) is 10.3 Å². The van der Waals surface area contributed by atoms with Crippen molar-refractivity contribution < 1.29 is 9.90 Å². The summed E-state index contributed by atoms with van der Waals surface area (Å²) in [7, 11) is 0. The first-order valence-electron chi connectivity index (χ1n) is 8.20. The monoisotopic (exact) mass is 386 g/mol. The van der Waals surface area contributed by atoms with Gasteiger partial charge in [0.2, 0.25) is 0 Å². The SMILES string of the molecule is N#Cc1c(N)nc(SC(C(=O)O)c2ccccc2)c(C#N)c1-c1ccccc1. The summed E-state index contributed by atoms with van der Waals surface area (Å²) in [4.78, 5) is 16.0. The minimum absolute atomic E-state index is 0.0416. The lowest BCUT2D eigenvalue weighted by molar-refractivity contribution is -0.136. The molecule has 3 rings (SSSR count). The first-order valence-corrected chi connectivity index (χ1v) is 9.08. The van der Waals surface area contributed by atoms with Gasteiger partial charge in [-0.05, 0) is 11.1 Å². The maximum atomic E-state index is 11.9. The van der Waals surface area contributed by atoms with Crippen LogP contribution in [0.4, 0.5) is 5.82 Å². The molecule has 1 heterocycles. The molecular formula is C21H14N4O2S. The number of anilines is 1. The van der Waals surface area contributed by atoms with Gasteiger partial charge in [-0.25, -0.2) is 4.98 Å². The molecule has 2 aromatic carbocycles. The summed E-state index contributed by atoms with van der Waals surface area (Å²) >= 11 is 0.921. The third kappa shape index (κ3) is 3.66. The quantitative estimate of drug-likeness (QED) is 0.635. The van der Waals surface area contributed by atoms with Crippen LogP contribution in [0, 0.1) is 22.7 Å². The molecule has 28 heavy (non-hydrogen) atoms. The van der Waals surface area contributed by atoms with E-state index >= 15 is 0 Å². The van der Waals surface area contributed by atoms with Gasteiger partial charge in [0.1, 0.15) is 33.8 Å². The molecule has 136 valence electrons. The fourth-order valence-electron chi connectivity index (χ4n) is 2.78. The Hall–Kier alpha value is -3.81. The zero-order valence-corrected chi connectivity index (χ0v) is 15.4. The number of thioether (sulfide) groups is 1. The van der Waals surface area contributed by atoms with Crippen LogP contribution in [-0.4, -0.2) is 16.1 Å². The largest absolute Gasteiger partial charge is 0.480 e. The lowest BCUT2D eigenvalue weighted by Crippen LogP contribution is -2.10. The van der Waals surface area contributed by atoms with Crippen molar-refractivity contribution in [1.29, 1.82) is 10.5 Å². The van der Waals surface area contributed by atoms with Crippen molar-refractivity contribution in [3.8, 4) is 23.3 Å². The summed E-state index contributed by atoms with van der Waals surface area (Å²) in [6.07, 6.45) is 0. The average molecular weight is 386 g/mol. The first-order chi connectivity index (χ1) is 13.6. The Kier molecular flexibility index (Phi) is 5.59. The molecule has 0 radical (unpaired) electrons. The number of hydrogen-bond acceptors (Lipinski definition) is 6. The molecule has 0 spiro atoms. The standard InChI is InChI=1S/C21H14N4O2S/c22-11-15-17(13-7-3-1-4-8-13)16(12-23)20(25-19(15)24)28-18(21(26)27)14-9-5-2-6-10-14/h1-10,18H,(H2,24,25)(H,26,27). The van der Waals surface area contributed by atoms with E-state index in [4.69, 9.17) is 5.73 Å². The molecule has 0 aliphatic rings. The van der Waals surface area contributed by atoms with Gasteiger partial charge >= 0.3 is 5.97 Å². The van der Waals surface area contributed by atoms with Crippen LogP contribution in [0.5, 0.6) is 0 Å². The fraction of sp³-hybridized carbons (Fsp3) is 0.0476. The molecule has 0 aliphatic carbocycles. The number of carbonyl (C=O) groups is 1. The summed E-state index contributed by atoms with van der Waals surface area (Å²) in [5.41, 5.74) is 7.77. The summed E-state index contributed by atoms with van der Waals surface area (Å²) in [5, 5.41) is 28.2. The Morgan fingerprint density at radius 3 is 2.11 bits per heavy atom. The lowest BCUT2D eigenvalue weighted by Gasteiger charge is -2.16. The molecule has 7 heteroatoms. The molecule has 0 aliphatic heterocycles. The van der Waals surface area contributed by atoms with Crippen LogP contribution in [0.15, 0.2) is 65.7 Å². The Bertz CT molecular complexity index is 1100. The van der Waals surface area contributed by atoms with Crippen molar-refractivity contribution in [2.75, 3.05) is 5.73 Å². The van der Waals surface area contributed by atoms with Gasteiger partial charge in [0.15, 0.2) is 0 Å². The molecule has 0 saturated heterocycles. The minimum Gasteiger partial charge on any atom is -0.480 e. The Morgan fingerprint density at radius 1 is 1.00 bits per heavy atom. The minimum atomic E-state index is -1.06. The topological polar surface area (TPSA) is 124 Å². The van der Waals surface area contributed by atoms with Crippen LogP contribution in [0.1, 0.15) is 21.9 Å². The highest BCUT2D eigenvalue weighted by Gasteiger charge is 2.27. The summed E-state index contributed by atoms with van der Waals surface area (Å²) in [6, 6.07) is 21.7. The van der Waals surface area contributed by atoms with E-state index in [-0.39, 0.29) is 22.0 Å². The second-order valence-electron chi connectivity index (χ2n) is 5.76. The van der Waals surface area contributed by atoms with E-state index in [1.165, 1.54) is 0 Å². The number of nitrogens with zero attached hydrogens (tertiary/aromatic N) is 3. The van der Waals surface area contributed by atoms with E-state index in [2.05, 4.69) is 11.1 Å². The molecule has 3 aromatic rings. The molecular weight excluding hydrogens is 372 g/mol. The van der Waals surface area contributed by atoms with Gasteiger partial charge in [-0.3, -0.25) is 4.79 Å². The van der Waals surface area contributed by atoms with E-state index < -0.39 is 11.2 Å². The molecule has 0 amide bonds. The number of nitrogens with two attached hydrogens (primary N) is 1. The van der Waals surface area contributed by atoms with E-state index in [1.807, 2.05) is 12.1 Å². The van der Waals surface area contributed by atoms with E-state index in [0.717, 1.165) is 11.8 Å². The molecule has 6 nitrogen and oxygen atoms in total. The van der Waals surface area contributed by atoms with Crippen LogP contribution in [0.2, 0.25) is 0 Å². The zero-order chi connectivity index (χ0) is 20.1. The molecule has 1 atom stereocenters. The maximum absolute atomic E-state index is 11.9. The van der Waals surface area contributed by atoms with Crippen LogP contribution < -0.4 is 5.73 Å². The van der Waals surface area contributed by atoms with Gasteiger partial charge in [-0.1, -0.05) is 72.4 Å². The van der Waals surface area contributed by atoms with Crippen molar-refractivity contribution in [2.24, 2.45) is 0 Å². The number of carboxylic acid groups (broad SMARTS) is 1. The predicted molar refractivity (Wildman–Crippen MR) is 106 cm³/mol. The summed E-state index contributed by atoms with van der Waals surface area (Å²) in [5.74, 6) is -1.11. The van der Waals surface area contributed by atoms with Crippen LogP contribution in [-0.2, 0) is 4.79 Å². The van der Waals surface area contributed by atoms with Crippen molar-refractivity contribution in [3.05, 3.63) is 77.4 Å². The molecule has 0 saturated carbocycles. The number of pyridine rings is 1. The van der Waals surface area contributed by atoms with E-state index in [9.17, 15) is 20.4 Å². The third-order valence-electron chi connectivity index (χ3n) is 4.03. The average Bonchev–Trinajstić information content (AvgIpc) is 2.72. The van der Waals surface area contributed by atoms with Crippen molar-refractivity contribution >= 4 is 23.5 Å². The maximum Gasteiger partial charge on any atom is 0.321 e. The fourth-order valence-corrected chi connectivity index (χ4v) is 3.81. The number of hydrogen-bond donors (Lipinski definition) is 2. The number of nitriles is 2. The molecule has 1 unspecified atom stereocenters. The van der Waals surface area contributed by atoms with Gasteiger partial charge < -0.3 is 10.8 Å². The van der Waals surface area contributed by atoms with Gasteiger partial charge in [-0.2, -0.15) is 10.5 Å². The number of nitrogen functional groups attached to an aromatic ring is 1. The summed E-state index contributed by atoms with van der Waals surface area (Å²) in [6.45, 7) is 0. The predicted octanol–water partition coefficient (Wildman–Crippen LogP) is 3.99. The highest BCUT2D eigenvalue weighted by atomic mass is 32.2. The van der Waals surface area contributed by atoms with E-state index in [1.54, 1.807) is 54.6 Å². The molecule has 0 bridgehead atoms. The number of rotatable bonds is 5. The number of benzene rings is 2. The first kappa shape index (κ1) is 19.0. The van der Waals surface area contributed by atoms with Crippen molar-refractivity contribution in [3.63, 3.8) is 0 Å². The number of aliphatic carboxylic acids is 1. The summed E-state index contributed by atoms with van der Waals surface area (Å²) < 4.78 is 0. The Balaban J connectivity index is 2.20. The van der Waals surface area contributed by atoms with Crippen LogP contribution in [0.25, 0.3) is 11.1 Å². The Labute approximate surface area is 165 Å². The third-order valence-corrected chi connectivity index (χ3v) is 5.26. The van der Waals surface area contributed by atoms with Crippen LogP contribution >= 0.6 is 11.8 Å². The number of carboxylic acids is 1. The van der Waals surface area contributed by atoms with Crippen molar-refractivity contribution in [1.82, 2.24) is 4.98 Å². The van der Waals surface area contributed by atoms with Gasteiger partial charge in [0.25, 0.3) is 0 Å². The Morgan fingerprint density at radius 2 is 1.57 bits per heavy atom. The molecule has 3 N–H and O–H groups in total. The van der Waals surface area contributed by atoms with Crippen LogP contribution in [0.3, 0.4) is 0 Å². The van der Waals surface area contributed by atoms with Gasteiger partial charge in [-0.15, -0.1) is 0 Å². The number of aromatic nitrogens is 1. The van der Waals surface area contributed by atoms with Gasteiger partial charge in [0, 0.05) is 5.56 Å². The molecule has 1 aromatic heterocycles. The second kappa shape index (κ2) is 8.26. The molecule has 0 fully saturated rings. The van der Waals surface area contributed by atoms with E-state index in [0.29, 0.717) is 16.7 Å². The second-order valence-corrected chi connectivity index (χ2v) is 6.86. The highest BCUT2D eigenvalue weighted by molar-refractivity contribution is 8.00. The smallest absolute Gasteiger partial charge is 0.321 e. The van der Waals surface area contributed by atoms with Gasteiger partial charge in [0.05, 0.1) is 5.56 Å².